The molecule has 146 valence electrons. The fourth-order valence-corrected chi connectivity index (χ4v) is 3.60. The van der Waals surface area contributed by atoms with Gasteiger partial charge in [0.15, 0.2) is 0 Å². The number of carbonyl (C=O) groups excluding carboxylic acids is 1. The van der Waals surface area contributed by atoms with Crippen LogP contribution in [0.15, 0.2) is 36.7 Å². The standard InChI is InChI=1S/C20H27FN4O2/c1-23(2)14-18-20(16-12-22-24(3)13-16)25(9-10-27-18)19(26)8-7-15-5-4-6-17(21)11-15/h4-6,11-13,18,20H,7-10,14H2,1-3H3. The van der Waals surface area contributed by atoms with E-state index in [-0.39, 0.29) is 23.9 Å². The average molecular weight is 374 g/mol. The molecule has 1 aliphatic rings. The Balaban J connectivity index is 1.76. The number of morpholine rings is 1. The van der Waals surface area contributed by atoms with Crippen molar-refractivity contribution in [1.82, 2.24) is 19.6 Å². The van der Waals surface area contributed by atoms with Crippen molar-refractivity contribution in [3.05, 3.63) is 53.6 Å². The molecule has 1 amide bonds. The summed E-state index contributed by atoms with van der Waals surface area (Å²) in [6.45, 7) is 1.78. The minimum absolute atomic E-state index is 0.0557. The summed E-state index contributed by atoms with van der Waals surface area (Å²) in [6.07, 6.45) is 4.49. The third kappa shape index (κ3) is 4.93. The third-order valence-electron chi connectivity index (χ3n) is 4.80. The number of halogens is 1. The summed E-state index contributed by atoms with van der Waals surface area (Å²) in [5, 5.41) is 4.27. The molecule has 1 fully saturated rings. The van der Waals surface area contributed by atoms with Crippen molar-refractivity contribution in [2.24, 2.45) is 7.05 Å². The Hall–Kier alpha value is -2.25. The van der Waals surface area contributed by atoms with E-state index in [1.807, 2.05) is 38.3 Å². The molecule has 7 heteroatoms. The zero-order chi connectivity index (χ0) is 19.4. The van der Waals surface area contributed by atoms with E-state index in [2.05, 4.69) is 10.00 Å². The van der Waals surface area contributed by atoms with Gasteiger partial charge in [-0.3, -0.25) is 9.48 Å². The lowest BCUT2D eigenvalue weighted by atomic mass is 9.99. The maximum absolute atomic E-state index is 13.4. The number of ether oxygens (including phenoxy) is 1. The van der Waals surface area contributed by atoms with Crippen LogP contribution < -0.4 is 0 Å². The maximum atomic E-state index is 13.4. The molecule has 2 atom stereocenters. The number of carbonyl (C=O) groups is 1. The second kappa shape index (κ2) is 8.63. The van der Waals surface area contributed by atoms with Gasteiger partial charge < -0.3 is 14.5 Å². The van der Waals surface area contributed by atoms with Crippen molar-refractivity contribution in [1.29, 1.82) is 0 Å². The number of rotatable bonds is 6. The molecule has 2 unspecified atom stereocenters. The first-order valence-corrected chi connectivity index (χ1v) is 9.23. The Labute approximate surface area is 159 Å². The Morgan fingerprint density at radius 2 is 2.22 bits per heavy atom. The van der Waals surface area contributed by atoms with Gasteiger partial charge in [-0.25, -0.2) is 4.39 Å². The van der Waals surface area contributed by atoms with Gasteiger partial charge in [-0.2, -0.15) is 5.10 Å². The fraction of sp³-hybridized carbons (Fsp3) is 0.500. The van der Waals surface area contributed by atoms with Crippen molar-refractivity contribution >= 4 is 5.91 Å². The molecular weight excluding hydrogens is 347 g/mol. The summed E-state index contributed by atoms with van der Waals surface area (Å²) >= 11 is 0. The topological polar surface area (TPSA) is 50.6 Å². The smallest absolute Gasteiger partial charge is 0.223 e. The lowest BCUT2D eigenvalue weighted by Gasteiger charge is -2.42. The monoisotopic (exact) mass is 374 g/mol. The maximum Gasteiger partial charge on any atom is 0.223 e. The predicted octanol–water partition coefficient (Wildman–Crippen LogP) is 2.02. The van der Waals surface area contributed by atoms with E-state index in [4.69, 9.17) is 4.74 Å². The Bertz CT molecular complexity index is 777. The average Bonchev–Trinajstić information content (AvgIpc) is 3.05. The summed E-state index contributed by atoms with van der Waals surface area (Å²) in [4.78, 5) is 17.0. The van der Waals surface area contributed by atoms with Crippen molar-refractivity contribution in [2.75, 3.05) is 33.8 Å². The van der Waals surface area contributed by atoms with E-state index in [1.165, 1.54) is 12.1 Å². The highest BCUT2D eigenvalue weighted by Gasteiger charge is 2.37. The van der Waals surface area contributed by atoms with E-state index >= 15 is 0 Å². The van der Waals surface area contributed by atoms with E-state index in [0.29, 0.717) is 32.5 Å². The summed E-state index contributed by atoms with van der Waals surface area (Å²) in [5.41, 5.74) is 1.81. The number of nitrogens with zero attached hydrogens (tertiary/aromatic N) is 4. The van der Waals surface area contributed by atoms with Crippen LogP contribution >= 0.6 is 0 Å². The molecular formula is C20H27FN4O2. The molecule has 6 nitrogen and oxygen atoms in total. The van der Waals surface area contributed by atoms with E-state index < -0.39 is 0 Å². The first-order chi connectivity index (χ1) is 12.9. The zero-order valence-electron chi connectivity index (χ0n) is 16.1. The quantitative estimate of drug-likeness (QED) is 0.776. The second-order valence-electron chi connectivity index (χ2n) is 7.28. The number of likely N-dealkylation sites (N-methyl/N-ethyl adjacent to an activating group) is 1. The SMILES string of the molecule is CN(C)CC1OCCN(C(=O)CCc2cccc(F)c2)C1c1cnn(C)c1. The Kier molecular flexibility index (Phi) is 6.23. The highest BCUT2D eigenvalue weighted by atomic mass is 19.1. The van der Waals surface area contributed by atoms with Crippen LogP contribution in [0.3, 0.4) is 0 Å². The van der Waals surface area contributed by atoms with Crippen LogP contribution in [0, 0.1) is 5.82 Å². The molecule has 0 spiro atoms. The molecule has 0 bridgehead atoms. The fourth-order valence-electron chi connectivity index (χ4n) is 3.60. The Morgan fingerprint density at radius 1 is 1.41 bits per heavy atom. The van der Waals surface area contributed by atoms with Gasteiger partial charge in [0.05, 0.1) is 24.9 Å². The molecule has 27 heavy (non-hydrogen) atoms. The summed E-state index contributed by atoms with van der Waals surface area (Å²) in [7, 11) is 5.85. The van der Waals surface area contributed by atoms with Gasteiger partial charge in [-0.15, -0.1) is 0 Å². The highest BCUT2D eigenvalue weighted by molar-refractivity contribution is 5.77. The van der Waals surface area contributed by atoms with Crippen molar-refractivity contribution in [3.8, 4) is 0 Å². The molecule has 2 aromatic rings. The first-order valence-electron chi connectivity index (χ1n) is 9.23. The van der Waals surface area contributed by atoms with Gasteiger partial charge in [-0.1, -0.05) is 12.1 Å². The molecule has 0 radical (unpaired) electrons. The van der Waals surface area contributed by atoms with Crippen LogP contribution in [0.4, 0.5) is 4.39 Å². The van der Waals surface area contributed by atoms with Crippen molar-refractivity contribution < 1.29 is 13.9 Å². The lowest BCUT2D eigenvalue weighted by Crippen LogP contribution is -2.51. The van der Waals surface area contributed by atoms with Crippen LogP contribution in [-0.2, 0) is 23.0 Å². The minimum atomic E-state index is -0.273. The van der Waals surface area contributed by atoms with Gasteiger partial charge >= 0.3 is 0 Å². The van der Waals surface area contributed by atoms with E-state index in [0.717, 1.165) is 11.1 Å². The third-order valence-corrected chi connectivity index (χ3v) is 4.80. The van der Waals surface area contributed by atoms with Crippen LogP contribution in [0.5, 0.6) is 0 Å². The number of aromatic nitrogens is 2. The van der Waals surface area contributed by atoms with Crippen LogP contribution in [0.1, 0.15) is 23.6 Å². The van der Waals surface area contributed by atoms with Gasteiger partial charge in [0.1, 0.15) is 5.82 Å². The minimum Gasteiger partial charge on any atom is -0.373 e. The van der Waals surface area contributed by atoms with E-state index in [9.17, 15) is 9.18 Å². The lowest BCUT2D eigenvalue weighted by molar-refractivity contribution is -0.148. The number of aryl methyl sites for hydroxylation is 2. The molecule has 1 aromatic heterocycles. The normalized spacial score (nSPS) is 20.3. The molecule has 0 saturated carbocycles. The van der Waals surface area contributed by atoms with Crippen LogP contribution in [-0.4, -0.2) is 65.4 Å². The predicted molar refractivity (Wildman–Crippen MR) is 101 cm³/mol. The van der Waals surface area contributed by atoms with Gasteiger partial charge in [0.2, 0.25) is 5.91 Å². The number of amides is 1. The number of hydrogen-bond donors (Lipinski definition) is 0. The Morgan fingerprint density at radius 3 is 2.89 bits per heavy atom. The molecule has 0 aliphatic carbocycles. The number of hydrogen-bond acceptors (Lipinski definition) is 4. The van der Waals surface area contributed by atoms with Gasteiger partial charge in [-0.05, 0) is 38.2 Å². The summed E-state index contributed by atoms with van der Waals surface area (Å²) < 4.78 is 21.1. The number of benzene rings is 1. The second-order valence-corrected chi connectivity index (χ2v) is 7.28. The van der Waals surface area contributed by atoms with Gasteiger partial charge in [0.25, 0.3) is 0 Å². The van der Waals surface area contributed by atoms with Crippen LogP contribution in [0.25, 0.3) is 0 Å². The van der Waals surface area contributed by atoms with Gasteiger partial charge in [0, 0.05) is 38.3 Å². The molecule has 1 saturated heterocycles. The zero-order valence-corrected chi connectivity index (χ0v) is 16.1. The summed E-state index contributed by atoms with van der Waals surface area (Å²) in [5.74, 6) is -0.217. The first kappa shape index (κ1) is 19.5. The molecule has 2 heterocycles. The molecule has 1 aliphatic heterocycles. The molecule has 1 aromatic carbocycles. The molecule has 0 N–H and O–H groups in total. The molecule has 3 rings (SSSR count). The van der Waals surface area contributed by atoms with Crippen LogP contribution in [0.2, 0.25) is 0 Å². The largest absolute Gasteiger partial charge is 0.373 e. The van der Waals surface area contributed by atoms with E-state index in [1.54, 1.807) is 16.9 Å². The van der Waals surface area contributed by atoms with Crippen molar-refractivity contribution in [3.63, 3.8) is 0 Å². The summed E-state index contributed by atoms with van der Waals surface area (Å²) in [6, 6.07) is 6.26. The highest BCUT2D eigenvalue weighted by Crippen LogP contribution is 2.30. The van der Waals surface area contributed by atoms with Crippen molar-refractivity contribution in [2.45, 2.75) is 25.0 Å².